The minimum atomic E-state index is -0.426. The third-order valence-corrected chi connectivity index (χ3v) is 8.00. The smallest absolute Gasteiger partial charge is 0.330 e. The number of aryl methyl sites for hydroxylation is 1. The maximum atomic E-state index is 11.1. The van der Waals surface area contributed by atoms with Crippen LogP contribution in [0.2, 0.25) is 0 Å². The van der Waals surface area contributed by atoms with Crippen molar-refractivity contribution in [1.82, 2.24) is 9.97 Å². The van der Waals surface area contributed by atoms with Crippen LogP contribution in [-0.2, 0) is 25.7 Å². The molecule has 0 amide bonds. The van der Waals surface area contributed by atoms with E-state index >= 15 is 0 Å². The zero-order valence-corrected chi connectivity index (χ0v) is 27.5. The molecule has 0 saturated heterocycles. The van der Waals surface area contributed by atoms with Gasteiger partial charge in [-0.25, -0.2) is 19.6 Å². The molecular weight excluding hydrogens is 629 g/mol. The Morgan fingerprint density at radius 3 is 1.68 bits per heavy atom. The largest absolute Gasteiger partial charge is 0.489 e. The molecule has 0 aliphatic carbocycles. The zero-order chi connectivity index (χ0) is 33.3. The second-order valence-corrected chi connectivity index (χ2v) is 11.9. The predicted molar refractivity (Wildman–Crippen MR) is 186 cm³/mol. The van der Waals surface area contributed by atoms with Gasteiger partial charge >= 0.3 is 11.9 Å². The number of carbonyl (C=O) groups is 2. The molecule has 2 heterocycles. The van der Waals surface area contributed by atoms with E-state index in [1.165, 1.54) is 23.5 Å². The van der Waals surface area contributed by atoms with Crippen LogP contribution in [-0.4, -0.2) is 46.6 Å². The first-order valence-corrected chi connectivity index (χ1v) is 16.5. The summed E-state index contributed by atoms with van der Waals surface area (Å²) in [5.41, 5.74) is 5.43. The Hall–Kier alpha value is -5.22. The third kappa shape index (κ3) is 12.2. The Bertz CT molecular complexity index is 1820. The molecule has 0 bridgehead atoms. The van der Waals surface area contributed by atoms with Crippen LogP contribution in [0.1, 0.15) is 33.4 Å². The molecule has 9 heteroatoms. The standard InChI is InChI=1S/C38H32N2O5S2/c1-4-37(41)43-20-22-46-35-18-15-31(25-39-35)10-6-29-7-12-33(13-8-29)27-45-34-17-14-30(24-28(34)3)9-11-32-16-19-36(40-26-32)47-23-21-44-38(42)5-2/h4-5,7-8,12-19,24-26H,1-2,20-23,27H2,3H3. The van der Waals surface area contributed by atoms with Gasteiger partial charge in [0.2, 0.25) is 0 Å². The highest BCUT2D eigenvalue weighted by atomic mass is 32.2. The van der Waals surface area contributed by atoms with Gasteiger partial charge in [0.05, 0.1) is 10.1 Å². The second-order valence-electron chi connectivity index (χ2n) is 9.68. The van der Waals surface area contributed by atoms with Gasteiger partial charge in [0, 0.05) is 58.3 Å². The quantitative estimate of drug-likeness (QED) is 0.0505. The van der Waals surface area contributed by atoms with Gasteiger partial charge in [0.25, 0.3) is 0 Å². The molecule has 7 nitrogen and oxygen atoms in total. The van der Waals surface area contributed by atoms with Gasteiger partial charge in [-0.2, -0.15) is 0 Å². The van der Waals surface area contributed by atoms with Gasteiger partial charge < -0.3 is 14.2 Å². The van der Waals surface area contributed by atoms with Crippen LogP contribution >= 0.6 is 23.5 Å². The number of hydrogen-bond donors (Lipinski definition) is 0. The number of ether oxygens (including phenoxy) is 3. The van der Waals surface area contributed by atoms with Gasteiger partial charge in [0.15, 0.2) is 0 Å². The Labute approximate surface area is 283 Å². The summed E-state index contributed by atoms with van der Waals surface area (Å²) >= 11 is 3.01. The van der Waals surface area contributed by atoms with E-state index in [-0.39, 0.29) is 0 Å². The number of thioether (sulfide) groups is 2. The molecule has 0 fully saturated rings. The van der Waals surface area contributed by atoms with Crippen molar-refractivity contribution in [2.75, 3.05) is 24.7 Å². The molecule has 4 aromatic rings. The summed E-state index contributed by atoms with van der Waals surface area (Å²) in [5, 5.41) is 1.68. The summed E-state index contributed by atoms with van der Waals surface area (Å²) in [5.74, 6) is 13.8. The number of hydrogen-bond acceptors (Lipinski definition) is 9. The van der Waals surface area contributed by atoms with Gasteiger partial charge in [-0.15, -0.1) is 23.5 Å². The average molecular weight is 661 g/mol. The first-order valence-electron chi connectivity index (χ1n) is 14.5. The number of esters is 2. The highest BCUT2D eigenvalue weighted by Gasteiger charge is 2.03. The molecule has 2 aromatic heterocycles. The molecule has 0 atom stereocenters. The van der Waals surface area contributed by atoms with Gasteiger partial charge in [-0.1, -0.05) is 49.0 Å². The molecule has 236 valence electrons. The minimum Gasteiger partial charge on any atom is -0.489 e. The van der Waals surface area contributed by atoms with Crippen LogP contribution in [0.15, 0.2) is 114 Å². The van der Waals surface area contributed by atoms with Crippen molar-refractivity contribution < 1.29 is 23.8 Å². The van der Waals surface area contributed by atoms with Crippen molar-refractivity contribution in [2.45, 2.75) is 23.6 Å². The first kappa shape index (κ1) is 34.6. The van der Waals surface area contributed by atoms with Crippen LogP contribution in [0.4, 0.5) is 0 Å². The van der Waals surface area contributed by atoms with Crippen LogP contribution < -0.4 is 4.74 Å². The molecule has 4 rings (SSSR count). The van der Waals surface area contributed by atoms with Crippen molar-refractivity contribution in [2.24, 2.45) is 0 Å². The number of rotatable bonds is 13. The maximum absolute atomic E-state index is 11.1. The minimum absolute atomic E-state index is 0.302. The third-order valence-electron chi connectivity index (χ3n) is 6.19. The maximum Gasteiger partial charge on any atom is 0.330 e. The lowest BCUT2D eigenvalue weighted by atomic mass is 10.1. The highest BCUT2D eigenvalue weighted by Crippen LogP contribution is 2.21. The van der Waals surface area contributed by atoms with Gasteiger partial charge in [-0.3, -0.25) is 0 Å². The molecular formula is C38H32N2O5S2. The fourth-order valence-corrected chi connectivity index (χ4v) is 5.13. The molecule has 0 unspecified atom stereocenters. The van der Waals surface area contributed by atoms with Crippen molar-refractivity contribution >= 4 is 35.5 Å². The molecule has 0 spiro atoms. The molecule has 0 radical (unpaired) electrons. The van der Waals surface area contributed by atoms with Crippen LogP contribution in [0.3, 0.4) is 0 Å². The summed E-state index contributed by atoms with van der Waals surface area (Å²) < 4.78 is 16.0. The number of pyridine rings is 2. The monoisotopic (exact) mass is 660 g/mol. The summed E-state index contributed by atoms with van der Waals surface area (Å²) in [6.45, 7) is 9.79. The lowest BCUT2D eigenvalue weighted by molar-refractivity contribution is -0.138. The Kier molecular flexibility index (Phi) is 13.8. The Balaban J connectivity index is 1.22. The van der Waals surface area contributed by atoms with Gasteiger partial charge in [-0.05, 0) is 72.6 Å². The summed E-state index contributed by atoms with van der Waals surface area (Å²) in [6.07, 6.45) is 5.77. The molecule has 47 heavy (non-hydrogen) atoms. The van der Waals surface area contributed by atoms with Crippen LogP contribution in [0, 0.1) is 30.6 Å². The lowest BCUT2D eigenvalue weighted by Gasteiger charge is -2.09. The van der Waals surface area contributed by atoms with E-state index in [2.05, 4.69) is 46.8 Å². The summed E-state index contributed by atoms with van der Waals surface area (Å²) in [6, 6.07) is 21.5. The zero-order valence-electron chi connectivity index (χ0n) is 25.9. The topological polar surface area (TPSA) is 87.6 Å². The van der Waals surface area contributed by atoms with E-state index in [0.717, 1.165) is 61.3 Å². The SMILES string of the molecule is C=CC(=O)OCCSc1ccc(C#Cc2ccc(COc3ccc(C#Cc4ccc(SCCOC(=O)C=C)nc4)cc3C)cc2)cn1. The van der Waals surface area contributed by atoms with Gasteiger partial charge in [0.1, 0.15) is 25.6 Å². The number of carbonyl (C=O) groups excluding carboxylic acids is 2. The predicted octanol–water partition coefficient (Wildman–Crippen LogP) is 6.81. The van der Waals surface area contributed by atoms with Crippen molar-refractivity contribution in [3.05, 3.63) is 138 Å². The van der Waals surface area contributed by atoms with E-state index in [1.54, 1.807) is 12.4 Å². The fraction of sp³-hybridized carbons (Fsp3) is 0.158. The first-order chi connectivity index (χ1) is 22.9. The second kappa shape index (κ2) is 18.7. The lowest BCUT2D eigenvalue weighted by Crippen LogP contribution is -2.03. The summed E-state index contributed by atoms with van der Waals surface area (Å²) in [7, 11) is 0. The van der Waals surface area contributed by atoms with E-state index in [9.17, 15) is 9.59 Å². The Morgan fingerprint density at radius 2 is 1.19 bits per heavy atom. The average Bonchev–Trinajstić information content (AvgIpc) is 3.11. The Morgan fingerprint density at radius 1 is 0.702 bits per heavy atom. The molecule has 0 N–H and O–H groups in total. The number of nitrogens with zero attached hydrogens (tertiary/aromatic N) is 2. The van der Waals surface area contributed by atoms with Crippen LogP contribution in [0.25, 0.3) is 0 Å². The summed E-state index contributed by atoms with van der Waals surface area (Å²) in [4.78, 5) is 31.0. The normalized spacial score (nSPS) is 9.98. The van der Waals surface area contributed by atoms with E-state index in [1.807, 2.05) is 73.7 Å². The van der Waals surface area contributed by atoms with Crippen molar-refractivity contribution in [3.8, 4) is 29.4 Å². The molecule has 0 saturated carbocycles. The fourth-order valence-electron chi connectivity index (χ4n) is 3.80. The molecule has 0 aliphatic rings. The molecule has 0 aliphatic heterocycles. The number of aromatic nitrogens is 2. The van der Waals surface area contributed by atoms with Crippen LogP contribution in [0.5, 0.6) is 5.75 Å². The van der Waals surface area contributed by atoms with Crippen molar-refractivity contribution in [3.63, 3.8) is 0 Å². The molecule has 2 aromatic carbocycles. The van der Waals surface area contributed by atoms with E-state index in [4.69, 9.17) is 14.2 Å². The van der Waals surface area contributed by atoms with E-state index in [0.29, 0.717) is 31.3 Å². The number of benzene rings is 2. The highest BCUT2D eigenvalue weighted by molar-refractivity contribution is 7.99. The van der Waals surface area contributed by atoms with Crippen molar-refractivity contribution in [1.29, 1.82) is 0 Å². The van der Waals surface area contributed by atoms with E-state index < -0.39 is 11.9 Å².